The number of nitrogens with zero attached hydrogens (tertiary/aromatic N) is 3. The number of fused-ring (bicyclic) bond motifs is 8. The van der Waals surface area contributed by atoms with Crippen LogP contribution < -0.4 is 14.7 Å². The molecule has 0 spiro atoms. The van der Waals surface area contributed by atoms with Crippen LogP contribution in [0.15, 0.2) is 157 Å². The third-order valence-corrected chi connectivity index (χ3v) is 12.8. The topological polar surface area (TPSA) is 9.72 Å². The van der Waals surface area contributed by atoms with E-state index in [1.165, 1.54) is 88.5 Å². The van der Waals surface area contributed by atoms with Gasteiger partial charge in [0, 0.05) is 44.6 Å². The average Bonchev–Trinajstić information content (AvgIpc) is 3.19. The molecule has 1 aliphatic carbocycles. The van der Waals surface area contributed by atoms with E-state index >= 15 is 0 Å². The monoisotopic (exact) mass is 767 g/mol. The maximum absolute atomic E-state index is 2.67. The van der Waals surface area contributed by atoms with Gasteiger partial charge < -0.3 is 14.7 Å². The van der Waals surface area contributed by atoms with Gasteiger partial charge in [-0.05, 0) is 139 Å². The van der Waals surface area contributed by atoms with E-state index in [0.717, 1.165) is 22.7 Å². The van der Waals surface area contributed by atoms with Gasteiger partial charge in [-0.3, -0.25) is 0 Å². The third-order valence-electron chi connectivity index (χ3n) is 12.8. The Bertz CT molecular complexity index is 2970. The number of allylic oxidation sites excluding steroid dienone is 2. The molecular weight excluding hydrogens is 715 g/mol. The largest absolute Gasteiger partial charge is 0.333 e. The molecular formula is C56H53N3. The number of hydrogen-bond acceptors (Lipinski definition) is 3. The van der Waals surface area contributed by atoms with E-state index in [0.29, 0.717) is 0 Å². The summed E-state index contributed by atoms with van der Waals surface area (Å²) in [5.74, 6) is 0.267. The van der Waals surface area contributed by atoms with E-state index < -0.39 is 0 Å². The molecule has 1 aliphatic heterocycles. The van der Waals surface area contributed by atoms with Gasteiger partial charge in [-0.1, -0.05) is 130 Å². The summed E-state index contributed by atoms with van der Waals surface area (Å²) in [4.78, 5) is 7.66. The first-order chi connectivity index (χ1) is 28.4. The van der Waals surface area contributed by atoms with Crippen LogP contribution in [0.25, 0.3) is 32.3 Å². The van der Waals surface area contributed by atoms with E-state index in [-0.39, 0.29) is 17.4 Å². The lowest BCUT2D eigenvalue weighted by Gasteiger charge is -2.42. The highest BCUT2D eigenvalue weighted by atomic mass is 15.2. The predicted molar refractivity (Wildman–Crippen MR) is 255 cm³/mol. The first-order valence-corrected chi connectivity index (χ1v) is 21.2. The Kier molecular flexibility index (Phi) is 8.54. The Morgan fingerprint density at radius 3 is 1.68 bits per heavy atom. The van der Waals surface area contributed by atoms with Crippen LogP contribution in [0.4, 0.5) is 45.5 Å². The first kappa shape index (κ1) is 37.0. The first-order valence-electron chi connectivity index (χ1n) is 21.2. The quantitative estimate of drug-likeness (QED) is 0.166. The van der Waals surface area contributed by atoms with Gasteiger partial charge in [-0.2, -0.15) is 0 Å². The number of benzene rings is 8. The second-order valence-corrected chi connectivity index (χ2v) is 18.3. The zero-order valence-corrected chi connectivity index (χ0v) is 35.9. The molecule has 0 N–H and O–H groups in total. The molecule has 6 bridgehead atoms. The standard InChI is InChI=1S/C56H53N3/c1-34-25-36(3)54(37(4)26-34)58-46-19-13-17-44(31-46)57(43-15-11-10-12-16-43)45-18-14-20-47(32-45)59(55-38(5)27-35(2)28-39(55)6)51-33-50(58)48-23-21-40-29-42(56(7,8)9)30-41-22-24-49(51)53(48)52(40)41/h10-33,36,54H,1-9H3. The lowest BCUT2D eigenvalue weighted by molar-refractivity contribution is 0.579. The molecule has 2 aliphatic rings. The van der Waals surface area contributed by atoms with E-state index in [4.69, 9.17) is 0 Å². The molecule has 2 unspecified atom stereocenters. The van der Waals surface area contributed by atoms with Crippen molar-refractivity contribution in [1.82, 2.24) is 0 Å². The molecule has 1 heterocycles. The van der Waals surface area contributed by atoms with Gasteiger partial charge in [0.05, 0.1) is 23.1 Å². The highest BCUT2D eigenvalue weighted by Crippen LogP contribution is 2.53. The number of aryl methyl sites for hydroxylation is 3. The van der Waals surface area contributed by atoms with Crippen LogP contribution in [0.3, 0.4) is 0 Å². The fraction of sp³-hybridized carbons (Fsp3) is 0.214. The summed E-state index contributed by atoms with van der Waals surface area (Å²) in [7, 11) is 0. The van der Waals surface area contributed by atoms with E-state index in [9.17, 15) is 0 Å². The minimum Gasteiger partial charge on any atom is -0.333 e. The van der Waals surface area contributed by atoms with Crippen LogP contribution >= 0.6 is 0 Å². The fourth-order valence-electron chi connectivity index (χ4n) is 10.5. The zero-order chi connectivity index (χ0) is 40.9. The van der Waals surface area contributed by atoms with E-state index in [1.807, 2.05) is 0 Å². The Balaban J connectivity index is 1.41. The van der Waals surface area contributed by atoms with Crippen LogP contribution in [-0.2, 0) is 5.41 Å². The Morgan fingerprint density at radius 2 is 1.07 bits per heavy atom. The Hall–Kier alpha value is -6.32. The summed E-state index contributed by atoms with van der Waals surface area (Å²) in [6.07, 6.45) is 4.84. The Labute approximate surface area is 349 Å². The van der Waals surface area contributed by atoms with Crippen LogP contribution in [0, 0.1) is 26.7 Å². The predicted octanol–water partition coefficient (Wildman–Crippen LogP) is 16.1. The van der Waals surface area contributed by atoms with Gasteiger partial charge >= 0.3 is 0 Å². The van der Waals surface area contributed by atoms with Crippen molar-refractivity contribution in [3.05, 3.63) is 179 Å². The molecule has 0 amide bonds. The van der Waals surface area contributed by atoms with E-state index in [2.05, 4.69) is 223 Å². The van der Waals surface area contributed by atoms with Gasteiger partial charge in [-0.15, -0.1) is 0 Å². The maximum Gasteiger partial charge on any atom is 0.0612 e. The molecule has 8 aromatic carbocycles. The molecule has 0 radical (unpaired) electrons. The second-order valence-electron chi connectivity index (χ2n) is 18.3. The van der Waals surface area contributed by atoms with Crippen molar-refractivity contribution in [1.29, 1.82) is 0 Å². The molecule has 3 nitrogen and oxygen atoms in total. The van der Waals surface area contributed by atoms with Crippen molar-refractivity contribution >= 4 is 77.8 Å². The van der Waals surface area contributed by atoms with Crippen LogP contribution in [-0.4, -0.2) is 6.04 Å². The number of para-hydroxylation sites is 1. The molecule has 10 rings (SSSR count). The Morgan fingerprint density at radius 1 is 0.508 bits per heavy atom. The summed E-state index contributed by atoms with van der Waals surface area (Å²) < 4.78 is 0. The molecule has 292 valence electrons. The van der Waals surface area contributed by atoms with Crippen LogP contribution in [0.1, 0.15) is 63.8 Å². The van der Waals surface area contributed by atoms with Crippen molar-refractivity contribution in [2.75, 3.05) is 14.7 Å². The number of hydrogen-bond donors (Lipinski definition) is 0. The fourth-order valence-corrected chi connectivity index (χ4v) is 10.5. The summed E-state index contributed by atoms with van der Waals surface area (Å²) in [5, 5.41) is 7.75. The van der Waals surface area contributed by atoms with Crippen molar-refractivity contribution in [3.63, 3.8) is 0 Å². The lowest BCUT2D eigenvalue weighted by Crippen LogP contribution is -2.38. The average molecular weight is 768 g/mol. The van der Waals surface area contributed by atoms with Gasteiger partial charge in [0.2, 0.25) is 0 Å². The normalized spacial score (nSPS) is 17.0. The molecule has 59 heavy (non-hydrogen) atoms. The van der Waals surface area contributed by atoms with Gasteiger partial charge in [-0.25, -0.2) is 0 Å². The summed E-state index contributed by atoms with van der Waals surface area (Å²) in [6, 6.07) is 50.9. The number of rotatable bonds is 3. The summed E-state index contributed by atoms with van der Waals surface area (Å²) in [5.41, 5.74) is 17.1. The van der Waals surface area contributed by atoms with Crippen molar-refractivity contribution in [3.8, 4) is 0 Å². The zero-order valence-electron chi connectivity index (χ0n) is 35.9. The highest BCUT2D eigenvalue weighted by molar-refractivity contribution is 6.29. The SMILES string of the molecule is CC1=CC(C)C(N2c3cccc(c3)N(c3ccccc3)c3cccc(c3)N(c3c(C)cc(C)cc3C)c3cc2c2ccc4cc(C(C)(C)C)cc5ccc3c2c54)C(C)=C1. The van der Waals surface area contributed by atoms with Crippen molar-refractivity contribution in [2.24, 2.45) is 5.92 Å². The van der Waals surface area contributed by atoms with Gasteiger partial charge in [0.15, 0.2) is 0 Å². The lowest BCUT2D eigenvalue weighted by atomic mass is 9.82. The highest BCUT2D eigenvalue weighted by Gasteiger charge is 2.33. The molecule has 0 fully saturated rings. The molecule has 8 aromatic rings. The molecule has 0 aromatic heterocycles. The second kappa shape index (κ2) is 13.6. The smallest absolute Gasteiger partial charge is 0.0612 e. The molecule has 0 saturated heterocycles. The van der Waals surface area contributed by atoms with Crippen LogP contribution in [0.5, 0.6) is 0 Å². The summed E-state index contributed by atoms with van der Waals surface area (Å²) in [6.45, 7) is 20.7. The third kappa shape index (κ3) is 6.01. The summed E-state index contributed by atoms with van der Waals surface area (Å²) >= 11 is 0. The van der Waals surface area contributed by atoms with Crippen molar-refractivity contribution < 1.29 is 0 Å². The molecule has 3 heteroatoms. The van der Waals surface area contributed by atoms with Gasteiger partial charge in [0.1, 0.15) is 0 Å². The van der Waals surface area contributed by atoms with Crippen LogP contribution in [0.2, 0.25) is 0 Å². The number of anilines is 8. The van der Waals surface area contributed by atoms with E-state index in [1.54, 1.807) is 0 Å². The minimum absolute atomic E-state index is 0.0267. The maximum atomic E-state index is 2.67. The van der Waals surface area contributed by atoms with Crippen molar-refractivity contribution in [2.45, 2.75) is 73.8 Å². The minimum atomic E-state index is 0.0267. The molecule has 2 atom stereocenters. The van der Waals surface area contributed by atoms with Gasteiger partial charge in [0.25, 0.3) is 0 Å². The molecule has 0 saturated carbocycles.